The number of rotatable bonds is 6. The highest BCUT2D eigenvalue weighted by molar-refractivity contribution is 7.91. The van der Waals surface area contributed by atoms with Gasteiger partial charge in [0.05, 0.1) is 5.56 Å². The van der Waals surface area contributed by atoms with Crippen molar-refractivity contribution in [2.45, 2.75) is 4.21 Å². The van der Waals surface area contributed by atoms with Gasteiger partial charge in [0, 0.05) is 18.5 Å². The van der Waals surface area contributed by atoms with E-state index in [1.807, 2.05) is 0 Å². The highest BCUT2D eigenvalue weighted by Gasteiger charge is 2.18. The molecule has 0 unspecified atom stereocenters. The second kappa shape index (κ2) is 5.94. The molecule has 0 fully saturated rings. The molecule has 0 aromatic carbocycles. The van der Waals surface area contributed by atoms with Crippen LogP contribution in [0, 0.1) is 0 Å². The maximum Gasteiger partial charge on any atom is 0.255 e. The number of nitrogens with two attached hydrogens (primary N) is 1. The monoisotopic (exact) mass is 286 g/mol. The zero-order valence-corrected chi connectivity index (χ0v) is 11.3. The van der Waals surface area contributed by atoms with Crippen LogP contribution in [0.3, 0.4) is 0 Å². The fourth-order valence-corrected chi connectivity index (χ4v) is 2.89. The Labute approximate surface area is 110 Å². The van der Waals surface area contributed by atoms with Crippen molar-refractivity contribution in [1.29, 1.82) is 0 Å². The Morgan fingerprint density at radius 2 is 1.94 bits per heavy atom. The van der Waals surface area contributed by atoms with E-state index in [0.29, 0.717) is 18.7 Å². The average molecular weight is 286 g/mol. The normalized spacial score (nSPS) is 10.9. The number of hydrogen-bond donors (Lipinski definition) is 1. The summed E-state index contributed by atoms with van der Waals surface area (Å²) >= 11 is 0.926. The molecule has 98 valence electrons. The van der Waals surface area contributed by atoms with E-state index in [1.165, 1.54) is 16.3 Å². The van der Waals surface area contributed by atoms with Crippen LogP contribution in [-0.2, 0) is 10.0 Å². The SMILES string of the molecule is C=CCN(CC=C)C(=O)c1csc(S(N)(=O)=O)c1. The summed E-state index contributed by atoms with van der Waals surface area (Å²) in [4.78, 5) is 13.6. The second-order valence-electron chi connectivity index (χ2n) is 3.49. The lowest BCUT2D eigenvalue weighted by Gasteiger charge is -2.18. The smallest absolute Gasteiger partial charge is 0.255 e. The summed E-state index contributed by atoms with van der Waals surface area (Å²) in [6.07, 6.45) is 3.18. The molecule has 1 aromatic rings. The molecule has 1 rings (SSSR count). The largest absolute Gasteiger partial charge is 0.331 e. The Balaban J connectivity index is 2.98. The van der Waals surface area contributed by atoms with Crippen molar-refractivity contribution < 1.29 is 13.2 Å². The van der Waals surface area contributed by atoms with Crippen molar-refractivity contribution in [2.24, 2.45) is 5.14 Å². The molecule has 0 aliphatic carbocycles. The summed E-state index contributed by atoms with van der Waals surface area (Å²) < 4.78 is 22.2. The van der Waals surface area contributed by atoms with Crippen molar-refractivity contribution in [3.8, 4) is 0 Å². The molecule has 1 heterocycles. The molecule has 0 spiro atoms. The van der Waals surface area contributed by atoms with E-state index >= 15 is 0 Å². The van der Waals surface area contributed by atoms with Gasteiger partial charge in [0.15, 0.2) is 0 Å². The topological polar surface area (TPSA) is 80.5 Å². The highest BCUT2D eigenvalue weighted by atomic mass is 32.2. The Morgan fingerprint density at radius 1 is 1.39 bits per heavy atom. The zero-order valence-electron chi connectivity index (χ0n) is 9.70. The molecule has 0 aliphatic heterocycles. The molecule has 7 heteroatoms. The van der Waals surface area contributed by atoms with Gasteiger partial charge < -0.3 is 4.90 Å². The fourth-order valence-electron chi connectivity index (χ4n) is 1.31. The van der Waals surface area contributed by atoms with E-state index < -0.39 is 10.0 Å². The van der Waals surface area contributed by atoms with E-state index in [4.69, 9.17) is 5.14 Å². The van der Waals surface area contributed by atoms with Gasteiger partial charge in [-0.2, -0.15) is 0 Å². The lowest BCUT2D eigenvalue weighted by molar-refractivity contribution is 0.0791. The molecular formula is C11H14N2O3S2. The molecule has 5 nitrogen and oxygen atoms in total. The van der Waals surface area contributed by atoms with E-state index in [2.05, 4.69) is 13.2 Å². The number of carbonyl (C=O) groups excluding carboxylic acids is 1. The Morgan fingerprint density at radius 3 is 2.33 bits per heavy atom. The van der Waals surface area contributed by atoms with E-state index in [0.717, 1.165) is 11.3 Å². The maximum atomic E-state index is 12.1. The minimum atomic E-state index is -3.76. The van der Waals surface area contributed by atoms with Crippen LogP contribution < -0.4 is 5.14 Å². The van der Waals surface area contributed by atoms with Gasteiger partial charge in [0.25, 0.3) is 5.91 Å². The van der Waals surface area contributed by atoms with Crippen LogP contribution in [0.5, 0.6) is 0 Å². The number of carbonyl (C=O) groups is 1. The van der Waals surface area contributed by atoms with E-state index in [1.54, 1.807) is 12.2 Å². The fraction of sp³-hybridized carbons (Fsp3) is 0.182. The summed E-state index contributed by atoms with van der Waals surface area (Å²) in [6.45, 7) is 7.86. The predicted molar refractivity (Wildman–Crippen MR) is 72.0 cm³/mol. The number of thiophene rings is 1. The summed E-state index contributed by atoms with van der Waals surface area (Å²) in [7, 11) is -3.76. The average Bonchev–Trinajstić information content (AvgIpc) is 2.76. The molecule has 18 heavy (non-hydrogen) atoms. The number of hydrogen-bond acceptors (Lipinski definition) is 4. The van der Waals surface area contributed by atoms with Crippen LogP contribution >= 0.6 is 11.3 Å². The van der Waals surface area contributed by atoms with Crippen LogP contribution in [0.2, 0.25) is 0 Å². The first kappa shape index (κ1) is 14.6. The first-order valence-electron chi connectivity index (χ1n) is 5.02. The third-order valence-electron chi connectivity index (χ3n) is 2.09. The molecule has 0 saturated carbocycles. The number of sulfonamides is 1. The lowest BCUT2D eigenvalue weighted by atomic mass is 10.3. The van der Waals surface area contributed by atoms with Gasteiger partial charge in [-0.05, 0) is 6.07 Å². The minimum absolute atomic E-state index is 0.0250. The molecule has 0 bridgehead atoms. The summed E-state index contributed by atoms with van der Waals surface area (Å²) in [5.41, 5.74) is 0.299. The Kier molecular flexibility index (Phi) is 4.83. The summed E-state index contributed by atoms with van der Waals surface area (Å²) in [6, 6.07) is 1.28. The van der Waals surface area contributed by atoms with Crippen molar-refractivity contribution in [3.63, 3.8) is 0 Å². The number of primary sulfonamides is 1. The van der Waals surface area contributed by atoms with Crippen molar-refractivity contribution in [3.05, 3.63) is 42.3 Å². The highest BCUT2D eigenvalue weighted by Crippen LogP contribution is 2.20. The molecule has 1 aromatic heterocycles. The minimum Gasteiger partial charge on any atom is -0.331 e. The van der Waals surface area contributed by atoms with Gasteiger partial charge in [-0.1, -0.05) is 12.2 Å². The third-order valence-corrected chi connectivity index (χ3v) is 4.48. The van der Waals surface area contributed by atoms with Gasteiger partial charge in [-0.15, -0.1) is 24.5 Å². The standard InChI is InChI=1S/C11H14N2O3S2/c1-3-5-13(6-4-2)11(14)9-7-10(17-8-9)18(12,15)16/h3-4,7-8H,1-2,5-6H2,(H2,12,15,16). The number of amides is 1. The van der Waals surface area contributed by atoms with E-state index in [9.17, 15) is 13.2 Å². The van der Waals surface area contributed by atoms with E-state index in [-0.39, 0.29) is 10.1 Å². The maximum absolute atomic E-state index is 12.1. The predicted octanol–water partition coefficient (Wildman–Crippen LogP) is 1.21. The van der Waals surface area contributed by atoms with Crippen LogP contribution in [0.25, 0.3) is 0 Å². The Bertz CT molecular complexity index is 551. The summed E-state index contributed by atoms with van der Waals surface area (Å²) in [5, 5.41) is 6.46. The van der Waals surface area contributed by atoms with Crippen LogP contribution in [0.15, 0.2) is 41.0 Å². The molecule has 1 amide bonds. The van der Waals surface area contributed by atoms with Crippen molar-refractivity contribution >= 4 is 27.3 Å². The van der Waals surface area contributed by atoms with Crippen molar-refractivity contribution in [1.82, 2.24) is 4.90 Å². The van der Waals surface area contributed by atoms with Gasteiger partial charge in [0.1, 0.15) is 4.21 Å². The quantitative estimate of drug-likeness (QED) is 0.798. The molecule has 2 N–H and O–H groups in total. The molecule has 0 radical (unpaired) electrons. The lowest BCUT2D eigenvalue weighted by Crippen LogP contribution is -2.31. The Hall–Kier alpha value is -1.44. The molecular weight excluding hydrogens is 272 g/mol. The van der Waals surface area contributed by atoms with Gasteiger partial charge >= 0.3 is 0 Å². The van der Waals surface area contributed by atoms with Crippen LogP contribution in [0.1, 0.15) is 10.4 Å². The zero-order chi connectivity index (χ0) is 13.8. The van der Waals surface area contributed by atoms with Crippen molar-refractivity contribution in [2.75, 3.05) is 13.1 Å². The summed E-state index contributed by atoms with van der Waals surface area (Å²) in [5.74, 6) is -0.277. The molecule has 0 atom stereocenters. The first-order chi connectivity index (χ1) is 8.40. The number of nitrogens with zero attached hydrogens (tertiary/aromatic N) is 1. The van der Waals surface area contributed by atoms with Crippen LogP contribution in [0.4, 0.5) is 0 Å². The van der Waals surface area contributed by atoms with Gasteiger partial charge in [-0.3, -0.25) is 4.79 Å². The molecule has 0 saturated heterocycles. The van der Waals surface area contributed by atoms with Crippen LogP contribution in [-0.4, -0.2) is 32.3 Å². The third kappa shape index (κ3) is 3.52. The first-order valence-corrected chi connectivity index (χ1v) is 7.45. The van der Waals surface area contributed by atoms with Gasteiger partial charge in [0.2, 0.25) is 10.0 Å². The molecule has 0 aliphatic rings. The van der Waals surface area contributed by atoms with Gasteiger partial charge in [-0.25, -0.2) is 13.6 Å². The second-order valence-corrected chi connectivity index (χ2v) is 6.19.